The van der Waals surface area contributed by atoms with Crippen LogP contribution in [0.2, 0.25) is 0 Å². The number of rotatable bonds is 6. The van der Waals surface area contributed by atoms with Crippen LogP contribution in [0.5, 0.6) is 11.6 Å². The Hall–Kier alpha value is -2.71. The van der Waals surface area contributed by atoms with Crippen molar-refractivity contribution >= 4 is 21.2 Å². The Morgan fingerprint density at radius 2 is 1.72 bits per heavy atom. The van der Waals surface area contributed by atoms with Crippen LogP contribution < -0.4 is 4.74 Å². The molecule has 0 atom stereocenters. The second-order valence-corrected chi connectivity index (χ2v) is 9.26. The number of hydrogen-bond donors (Lipinski definition) is 0. The molecule has 0 N–H and O–H groups in total. The second-order valence-electron chi connectivity index (χ2n) is 6.18. The summed E-state index contributed by atoms with van der Waals surface area (Å²) in [6.45, 7) is -0.0551. The largest absolute Gasteiger partial charge is 0.502 e. The topological polar surface area (TPSA) is 78.4 Å². The van der Waals surface area contributed by atoms with Crippen molar-refractivity contribution < 1.29 is 44.2 Å². The smallest absolute Gasteiger partial charge is 0.438 e. The van der Waals surface area contributed by atoms with Gasteiger partial charge in [-0.25, -0.2) is 13.4 Å². The summed E-state index contributed by atoms with van der Waals surface area (Å²) in [6.07, 6.45) is -3.25. The lowest BCUT2D eigenvalue weighted by Gasteiger charge is -2.11. The van der Waals surface area contributed by atoms with Crippen LogP contribution in [0.4, 0.5) is 26.3 Å². The second kappa shape index (κ2) is 8.67. The maximum Gasteiger partial charge on any atom is 0.502 e. The van der Waals surface area contributed by atoms with Crippen LogP contribution in [0, 0.1) is 0 Å². The van der Waals surface area contributed by atoms with E-state index < -0.39 is 31.3 Å². The summed E-state index contributed by atoms with van der Waals surface area (Å²) in [5.41, 5.74) is -5.85. The minimum Gasteiger partial charge on any atom is -0.438 e. The summed E-state index contributed by atoms with van der Waals surface area (Å²) < 4.78 is 109. The number of aromatic nitrogens is 2. The van der Waals surface area contributed by atoms with Gasteiger partial charge in [0.2, 0.25) is 5.88 Å². The molecule has 172 valence electrons. The third-order valence-electron chi connectivity index (χ3n) is 3.93. The van der Waals surface area contributed by atoms with E-state index in [0.29, 0.717) is 17.4 Å². The van der Waals surface area contributed by atoms with E-state index in [4.69, 9.17) is 9.47 Å². The highest BCUT2D eigenvalue weighted by Crippen LogP contribution is 2.38. The number of benzene rings is 1. The summed E-state index contributed by atoms with van der Waals surface area (Å²) >= 11 is 0.312. The summed E-state index contributed by atoms with van der Waals surface area (Å²) in [5, 5.41) is 1.05. The Morgan fingerprint density at radius 1 is 1.06 bits per heavy atom. The predicted molar refractivity (Wildman–Crippen MR) is 101 cm³/mol. The van der Waals surface area contributed by atoms with Crippen LogP contribution in [0.1, 0.15) is 11.1 Å². The minimum atomic E-state index is -5.55. The van der Waals surface area contributed by atoms with Gasteiger partial charge in [0.25, 0.3) is 9.84 Å². The van der Waals surface area contributed by atoms with Crippen LogP contribution in [0.25, 0.3) is 11.4 Å². The number of sulfone groups is 1. The van der Waals surface area contributed by atoms with Crippen molar-refractivity contribution in [2.75, 3.05) is 7.11 Å². The first-order valence-electron chi connectivity index (χ1n) is 8.43. The van der Waals surface area contributed by atoms with Crippen molar-refractivity contribution in [3.63, 3.8) is 0 Å². The van der Waals surface area contributed by atoms with Gasteiger partial charge in [0.05, 0.1) is 17.7 Å². The van der Waals surface area contributed by atoms with Crippen molar-refractivity contribution in [3.8, 4) is 23.0 Å². The summed E-state index contributed by atoms with van der Waals surface area (Å²) in [4.78, 5) is 8.15. The number of ether oxygens (including phenoxy) is 2. The highest BCUT2D eigenvalue weighted by molar-refractivity contribution is 7.94. The maximum absolute atomic E-state index is 12.7. The van der Waals surface area contributed by atoms with Crippen molar-refractivity contribution in [3.05, 3.63) is 53.0 Å². The van der Waals surface area contributed by atoms with E-state index in [9.17, 15) is 34.8 Å². The van der Waals surface area contributed by atoms with E-state index >= 15 is 0 Å². The Balaban J connectivity index is 1.94. The normalized spacial score (nSPS) is 12.7. The average molecular weight is 498 g/mol. The highest BCUT2D eigenvalue weighted by atomic mass is 32.2. The lowest BCUT2D eigenvalue weighted by atomic mass is 10.1. The SMILES string of the molecule is COCc1cnc(-c2ccc(C(F)(F)F)cc2)nc1Oc1csc(S(=O)(=O)C(F)(F)F)c1. The number of thiophene rings is 1. The third-order valence-corrected chi connectivity index (χ3v) is 6.83. The van der Waals surface area contributed by atoms with Crippen LogP contribution >= 0.6 is 11.3 Å². The molecule has 0 bridgehead atoms. The molecule has 0 spiro atoms. The van der Waals surface area contributed by atoms with Crippen LogP contribution in [-0.2, 0) is 27.4 Å². The fraction of sp³-hybridized carbons (Fsp3) is 0.222. The zero-order valence-electron chi connectivity index (χ0n) is 15.9. The molecule has 0 amide bonds. The minimum absolute atomic E-state index is 0.0213. The summed E-state index contributed by atoms with van der Waals surface area (Å²) in [5.74, 6) is -0.412. The first-order chi connectivity index (χ1) is 14.8. The van der Waals surface area contributed by atoms with Crippen LogP contribution in [-0.4, -0.2) is 31.0 Å². The molecule has 6 nitrogen and oxygen atoms in total. The standard InChI is InChI=1S/C18H12F6N2O4S2/c1-29-8-11-7-25-15(10-2-4-12(5-3-10)17(19,20)21)26-16(11)30-13-6-14(31-9-13)32(27,28)18(22,23)24/h2-7,9H,8H2,1H3. The summed E-state index contributed by atoms with van der Waals surface area (Å²) in [6, 6.07) is 4.68. The molecule has 0 aliphatic heterocycles. The molecule has 1 aromatic carbocycles. The van der Waals surface area contributed by atoms with E-state index in [0.717, 1.165) is 29.6 Å². The first-order valence-corrected chi connectivity index (χ1v) is 10.8. The van der Waals surface area contributed by atoms with E-state index in [1.165, 1.54) is 13.3 Å². The van der Waals surface area contributed by atoms with E-state index in [1.54, 1.807) is 0 Å². The molecule has 0 fully saturated rings. The quantitative estimate of drug-likeness (QED) is 0.421. The average Bonchev–Trinajstić information content (AvgIpc) is 3.17. The molecule has 3 aromatic rings. The monoisotopic (exact) mass is 498 g/mol. The zero-order chi connectivity index (χ0) is 23.7. The molecule has 2 aromatic heterocycles. The first kappa shape index (κ1) is 23.9. The molecular formula is C18H12F6N2O4S2. The van der Waals surface area contributed by atoms with Gasteiger partial charge in [-0.2, -0.15) is 31.3 Å². The molecule has 0 saturated heterocycles. The number of alkyl halides is 6. The lowest BCUT2D eigenvalue weighted by molar-refractivity contribution is -0.137. The molecule has 0 unspecified atom stereocenters. The Morgan fingerprint density at radius 3 is 2.28 bits per heavy atom. The molecule has 32 heavy (non-hydrogen) atoms. The lowest BCUT2D eigenvalue weighted by Crippen LogP contribution is -2.22. The molecule has 0 aliphatic carbocycles. The highest BCUT2D eigenvalue weighted by Gasteiger charge is 2.48. The fourth-order valence-corrected chi connectivity index (χ4v) is 4.37. The van der Waals surface area contributed by atoms with E-state index in [1.807, 2.05) is 0 Å². The van der Waals surface area contributed by atoms with Crippen molar-refractivity contribution in [1.29, 1.82) is 0 Å². The van der Waals surface area contributed by atoms with Gasteiger partial charge in [-0.05, 0) is 12.1 Å². The van der Waals surface area contributed by atoms with Gasteiger partial charge in [-0.3, -0.25) is 0 Å². The van der Waals surface area contributed by atoms with Crippen molar-refractivity contribution in [1.82, 2.24) is 9.97 Å². The van der Waals surface area contributed by atoms with Crippen LogP contribution in [0.15, 0.2) is 46.1 Å². The van der Waals surface area contributed by atoms with Gasteiger partial charge in [0.15, 0.2) is 5.82 Å². The molecule has 14 heteroatoms. The fourth-order valence-electron chi connectivity index (χ4n) is 2.40. The van der Waals surface area contributed by atoms with Crippen LogP contribution in [0.3, 0.4) is 0 Å². The Bertz CT molecular complexity index is 1210. The number of nitrogens with zero attached hydrogens (tertiary/aromatic N) is 2. The van der Waals surface area contributed by atoms with Gasteiger partial charge in [-0.1, -0.05) is 12.1 Å². The van der Waals surface area contributed by atoms with Gasteiger partial charge < -0.3 is 9.47 Å². The molecule has 0 aliphatic rings. The van der Waals surface area contributed by atoms with Crippen molar-refractivity contribution in [2.24, 2.45) is 0 Å². The molecule has 0 radical (unpaired) electrons. The third kappa shape index (κ3) is 5.02. The van der Waals surface area contributed by atoms with E-state index in [2.05, 4.69) is 9.97 Å². The Kier molecular flexibility index (Phi) is 6.49. The van der Waals surface area contributed by atoms with Gasteiger partial charge in [0.1, 0.15) is 9.96 Å². The van der Waals surface area contributed by atoms with Gasteiger partial charge in [0, 0.05) is 30.3 Å². The molecule has 2 heterocycles. The van der Waals surface area contributed by atoms with Gasteiger partial charge >= 0.3 is 11.7 Å². The molecule has 0 saturated carbocycles. The predicted octanol–water partition coefficient (Wildman–Crippen LogP) is 5.46. The zero-order valence-corrected chi connectivity index (χ0v) is 17.5. The van der Waals surface area contributed by atoms with Gasteiger partial charge in [-0.15, -0.1) is 11.3 Å². The molecule has 3 rings (SSSR count). The maximum atomic E-state index is 12.7. The number of halogens is 6. The van der Waals surface area contributed by atoms with Crippen molar-refractivity contribution in [2.45, 2.75) is 22.5 Å². The Labute approximate surface area is 181 Å². The molecular weight excluding hydrogens is 486 g/mol. The summed E-state index contributed by atoms with van der Waals surface area (Å²) in [7, 11) is -4.19. The van der Waals surface area contributed by atoms with E-state index in [-0.39, 0.29) is 35.2 Å². The number of hydrogen-bond acceptors (Lipinski definition) is 7. The number of methoxy groups -OCH3 is 1.